The van der Waals surface area contributed by atoms with Gasteiger partial charge in [0.15, 0.2) is 12.6 Å². The third kappa shape index (κ3) is 1.38. The minimum Gasteiger partial charge on any atom is -0.469 e. The van der Waals surface area contributed by atoms with E-state index in [-0.39, 0.29) is 18.4 Å². The molecule has 0 bridgehead atoms. The molecule has 6 heteroatoms. The van der Waals surface area contributed by atoms with Crippen LogP contribution in [0.2, 0.25) is 0 Å². The largest absolute Gasteiger partial charge is 0.469 e. The van der Waals surface area contributed by atoms with Crippen molar-refractivity contribution < 1.29 is 29.2 Å². The molecule has 2 saturated heterocycles. The van der Waals surface area contributed by atoms with Crippen molar-refractivity contribution in [1.82, 2.24) is 0 Å². The zero-order valence-electron chi connectivity index (χ0n) is 9.28. The molecule has 0 aromatic carbocycles. The summed E-state index contributed by atoms with van der Waals surface area (Å²) >= 11 is 0. The number of esters is 1. The van der Waals surface area contributed by atoms with Crippen molar-refractivity contribution in [3.05, 3.63) is 12.2 Å². The van der Waals surface area contributed by atoms with Gasteiger partial charge in [-0.2, -0.15) is 0 Å². The van der Waals surface area contributed by atoms with Crippen LogP contribution >= 0.6 is 0 Å². The molecule has 0 saturated carbocycles. The van der Waals surface area contributed by atoms with E-state index in [2.05, 4.69) is 4.74 Å². The van der Waals surface area contributed by atoms with Gasteiger partial charge >= 0.3 is 5.97 Å². The number of aliphatic hydroxyl groups is 2. The van der Waals surface area contributed by atoms with Crippen molar-refractivity contribution in [2.75, 3.05) is 13.7 Å². The highest BCUT2D eigenvalue weighted by Gasteiger charge is 2.61. The van der Waals surface area contributed by atoms with Crippen molar-refractivity contribution >= 4 is 5.97 Å². The van der Waals surface area contributed by atoms with Crippen molar-refractivity contribution in [3.63, 3.8) is 0 Å². The number of ether oxygens (including phenoxy) is 3. The minimum atomic E-state index is -1.27. The summed E-state index contributed by atoms with van der Waals surface area (Å²) in [6, 6.07) is 0. The average molecular weight is 242 g/mol. The maximum absolute atomic E-state index is 11.6. The predicted octanol–water partition coefficient (Wildman–Crippen LogP) is -0.986. The quantitative estimate of drug-likeness (QED) is 0.454. The van der Waals surface area contributed by atoms with Gasteiger partial charge in [0.2, 0.25) is 0 Å². The van der Waals surface area contributed by atoms with Gasteiger partial charge in [-0.3, -0.25) is 4.79 Å². The molecule has 6 nitrogen and oxygen atoms in total. The first-order chi connectivity index (χ1) is 8.07. The van der Waals surface area contributed by atoms with Gasteiger partial charge in [-0.25, -0.2) is 0 Å². The normalized spacial score (nSPS) is 51.4. The van der Waals surface area contributed by atoms with Gasteiger partial charge < -0.3 is 24.4 Å². The maximum Gasteiger partial charge on any atom is 0.314 e. The van der Waals surface area contributed by atoms with Crippen LogP contribution < -0.4 is 0 Å². The summed E-state index contributed by atoms with van der Waals surface area (Å²) in [6.45, 7) is 0.121. The molecule has 0 aromatic heterocycles. The molecule has 2 aliphatic heterocycles. The maximum atomic E-state index is 11.6. The Morgan fingerprint density at radius 3 is 3.06 bits per heavy atom. The van der Waals surface area contributed by atoms with Crippen LogP contribution in [0.3, 0.4) is 0 Å². The van der Waals surface area contributed by atoms with E-state index in [1.165, 1.54) is 7.11 Å². The molecule has 6 atom stereocenters. The summed E-state index contributed by atoms with van der Waals surface area (Å²) in [5.41, 5.74) is -1.10. The molecule has 2 N–H and O–H groups in total. The smallest absolute Gasteiger partial charge is 0.314 e. The number of carbonyl (C=O) groups is 1. The number of hydrogen-bond donors (Lipinski definition) is 2. The first-order valence-corrected chi connectivity index (χ1v) is 5.51. The van der Waals surface area contributed by atoms with Crippen LogP contribution in [0, 0.1) is 17.8 Å². The molecular weight excluding hydrogens is 228 g/mol. The number of hydrogen-bond acceptors (Lipinski definition) is 6. The standard InChI is InChI=1S/C11H14O6/c1-15-8(12)6-5-2-3-11(14)4-16-10(7(5)11)17-9(6)13/h2-3,5-7,9-10,13-14H,4H2,1H3/t5-,6+,7-,9+,10-,11+/m1/s1. The third-order valence-electron chi connectivity index (χ3n) is 3.84. The van der Waals surface area contributed by atoms with E-state index in [4.69, 9.17) is 9.47 Å². The van der Waals surface area contributed by atoms with E-state index in [9.17, 15) is 15.0 Å². The second-order valence-corrected chi connectivity index (χ2v) is 4.71. The van der Waals surface area contributed by atoms with Gasteiger partial charge in [-0.15, -0.1) is 0 Å². The van der Waals surface area contributed by atoms with Crippen LogP contribution in [0.1, 0.15) is 0 Å². The van der Waals surface area contributed by atoms with Gasteiger partial charge in [0, 0.05) is 5.92 Å². The van der Waals surface area contributed by atoms with E-state index in [0.717, 1.165) is 0 Å². The van der Waals surface area contributed by atoms with Crippen molar-refractivity contribution in [2.45, 2.75) is 18.2 Å². The highest BCUT2D eigenvalue weighted by Crippen LogP contribution is 2.50. The van der Waals surface area contributed by atoms with Crippen molar-refractivity contribution in [2.24, 2.45) is 17.8 Å². The van der Waals surface area contributed by atoms with Crippen LogP contribution in [0.4, 0.5) is 0 Å². The summed E-state index contributed by atoms with van der Waals surface area (Å²) in [5, 5.41) is 20.1. The fourth-order valence-electron chi connectivity index (χ4n) is 3.01. The summed E-state index contributed by atoms with van der Waals surface area (Å²) in [7, 11) is 1.26. The lowest BCUT2D eigenvalue weighted by molar-refractivity contribution is -0.280. The Balaban J connectivity index is 1.95. The van der Waals surface area contributed by atoms with Gasteiger partial charge in [0.25, 0.3) is 0 Å². The summed E-state index contributed by atoms with van der Waals surface area (Å²) < 4.78 is 15.2. The van der Waals surface area contributed by atoms with Crippen LogP contribution in [-0.2, 0) is 19.0 Å². The lowest BCUT2D eigenvalue weighted by atomic mass is 9.77. The molecule has 3 aliphatic rings. The molecule has 3 rings (SSSR count). The molecule has 0 spiro atoms. The number of allylic oxidation sites excluding steroid dienone is 1. The monoisotopic (exact) mass is 242 g/mol. The first kappa shape index (κ1) is 11.2. The predicted molar refractivity (Wildman–Crippen MR) is 53.4 cm³/mol. The molecule has 2 heterocycles. The molecule has 0 amide bonds. The molecule has 0 aromatic rings. The number of aliphatic hydroxyl groups excluding tert-OH is 1. The molecule has 0 unspecified atom stereocenters. The molecule has 17 heavy (non-hydrogen) atoms. The molecule has 0 radical (unpaired) electrons. The van der Waals surface area contributed by atoms with Crippen molar-refractivity contribution in [1.29, 1.82) is 0 Å². The average Bonchev–Trinajstić information content (AvgIpc) is 2.80. The Bertz CT molecular complexity index is 380. The molecule has 2 fully saturated rings. The fourth-order valence-corrected chi connectivity index (χ4v) is 3.01. The highest BCUT2D eigenvalue weighted by molar-refractivity contribution is 5.74. The second kappa shape index (κ2) is 3.52. The first-order valence-electron chi connectivity index (χ1n) is 5.51. The lowest BCUT2D eigenvalue weighted by Gasteiger charge is -2.39. The Hall–Kier alpha value is -0.950. The second-order valence-electron chi connectivity index (χ2n) is 4.71. The van der Waals surface area contributed by atoms with Gasteiger partial charge in [-0.05, 0) is 0 Å². The zero-order chi connectivity index (χ0) is 12.2. The number of carbonyl (C=O) groups excluding carboxylic acids is 1. The van der Waals surface area contributed by atoms with E-state index in [1.807, 2.05) is 0 Å². The number of rotatable bonds is 1. The SMILES string of the molecule is COC(=O)[C@@H]1[C@H]2C=C[C@]3(O)CO[C@H](O[C@@H]1O)[C@@H]23. The van der Waals surface area contributed by atoms with Gasteiger partial charge in [0.1, 0.15) is 11.5 Å². The Kier molecular flexibility index (Phi) is 2.31. The van der Waals surface area contributed by atoms with Gasteiger partial charge in [-0.1, -0.05) is 12.2 Å². The molecule has 1 aliphatic carbocycles. The van der Waals surface area contributed by atoms with Gasteiger partial charge in [0.05, 0.1) is 19.6 Å². The van der Waals surface area contributed by atoms with E-state index in [1.54, 1.807) is 12.2 Å². The minimum absolute atomic E-state index is 0.121. The van der Waals surface area contributed by atoms with E-state index in [0.29, 0.717) is 0 Å². The lowest BCUT2D eigenvalue weighted by Crippen LogP contribution is -2.51. The Morgan fingerprint density at radius 1 is 1.59 bits per heavy atom. The summed E-state index contributed by atoms with van der Waals surface area (Å²) in [4.78, 5) is 11.6. The van der Waals surface area contributed by atoms with Crippen LogP contribution in [0.25, 0.3) is 0 Å². The topological polar surface area (TPSA) is 85.2 Å². The summed E-state index contributed by atoms with van der Waals surface area (Å²) in [5.74, 6) is -2.02. The Labute approximate surface area is 97.8 Å². The molecular formula is C11H14O6. The fraction of sp³-hybridized carbons (Fsp3) is 0.727. The number of methoxy groups -OCH3 is 1. The van der Waals surface area contributed by atoms with Crippen LogP contribution in [-0.4, -0.2) is 48.1 Å². The highest BCUT2D eigenvalue weighted by atomic mass is 16.7. The molecule has 94 valence electrons. The van der Waals surface area contributed by atoms with E-state index >= 15 is 0 Å². The third-order valence-corrected chi connectivity index (χ3v) is 3.84. The van der Waals surface area contributed by atoms with E-state index < -0.39 is 30.1 Å². The van der Waals surface area contributed by atoms with Crippen LogP contribution in [0.5, 0.6) is 0 Å². The van der Waals surface area contributed by atoms with Crippen LogP contribution in [0.15, 0.2) is 12.2 Å². The Morgan fingerprint density at radius 2 is 2.35 bits per heavy atom. The van der Waals surface area contributed by atoms with Crippen molar-refractivity contribution in [3.8, 4) is 0 Å². The zero-order valence-corrected chi connectivity index (χ0v) is 9.28. The summed E-state index contributed by atoms with van der Waals surface area (Å²) in [6.07, 6.45) is 1.43.